The van der Waals surface area contributed by atoms with Crippen molar-refractivity contribution in [2.24, 2.45) is 5.41 Å². The Morgan fingerprint density at radius 2 is 2.00 bits per heavy atom. The molecule has 4 rings (SSSR count). The first-order valence-electron chi connectivity index (χ1n) is 11.6. The highest BCUT2D eigenvalue weighted by atomic mass is 35.5. The quantitative estimate of drug-likeness (QED) is 0.389. The Balaban J connectivity index is 0.00000241. The molecule has 0 radical (unpaired) electrons. The van der Waals surface area contributed by atoms with Gasteiger partial charge in [0.15, 0.2) is 5.75 Å². The summed E-state index contributed by atoms with van der Waals surface area (Å²) in [6.45, 7) is 4.77. The summed E-state index contributed by atoms with van der Waals surface area (Å²) in [4.78, 5) is 43.1. The van der Waals surface area contributed by atoms with E-state index < -0.39 is 29.3 Å². The Kier molecular flexibility index (Phi) is 10.3. The molecule has 1 aromatic carbocycles. The summed E-state index contributed by atoms with van der Waals surface area (Å²) in [5.74, 6) is -2.29. The molecule has 2 aliphatic rings. The minimum Gasteiger partial charge on any atom is -0.549 e. The number of halogens is 2. The van der Waals surface area contributed by atoms with Crippen molar-refractivity contribution in [2.75, 3.05) is 20.7 Å². The minimum absolute atomic E-state index is 0. The smallest absolute Gasteiger partial charge is 0.336 e. The molecule has 11 heteroatoms. The molecule has 1 aromatic heterocycles. The molecule has 2 aliphatic heterocycles. The number of ether oxygens (including phenoxy) is 1. The van der Waals surface area contributed by atoms with Crippen LogP contribution in [-0.2, 0) is 32.4 Å². The lowest BCUT2D eigenvalue weighted by molar-refractivity contribution is -0.322. The van der Waals surface area contributed by atoms with Gasteiger partial charge < -0.3 is 29.7 Å². The first kappa shape index (κ1) is 30.4. The van der Waals surface area contributed by atoms with Gasteiger partial charge in [0.05, 0.1) is 24.3 Å². The van der Waals surface area contributed by atoms with Gasteiger partial charge in [0.1, 0.15) is 6.61 Å². The fourth-order valence-electron chi connectivity index (χ4n) is 5.25. The zero-order chi connectivity index (χ0) is 25.2. The number of esters is 1. The summed E-state index contributed by atoms with van der Waals surface area (Å²) in [6, 6.07) is 10.6. The van der Waals surface area contributed by atoms with Crippen LogP contribution in [0.25, 0.3) is 0 Å². The van der Waals surface area contributed by atoms with Gasteiger partial charge in [-0.2, -0.15) is 4.89 Å². The lowest BCUT2D eigenvalue weighted by Gasteiger charge is -2.51. The van der Waals surface area contributed by atoms with Crippen molar-refractivity contribution < 1.29 is 29.2 Å². The first-order chi connectivity index (χ1) is 16.8. The number of nitrogens with one attached hydrogen (secondary N) is 1. The van der Waals surface area contributed by atoms with E-state index in [1.807, 2.05) is 42.3 Å². The van der Waals surface area contributed by atoms with Gasteiger partial charge in [0.2, 0.25) is 0 Å². The van der Waals surface area contributed by atoms with Crippen LogP contribution in [0.5, 0.6) is 5.75 Å². The van der Waals surface area contributed by atoms with Gasteiger partial charge in [0.25, 0.3) is 0 Å². The average molecular weight is 553 g/mol. The molecule has 3 heterocycles. The van der Waals surface area contributed by atoms with E-state index in [2.05, 4.69) is 10.3 Å². The van der Waals surface area contributed by atoms with Gasteiger partial charge in [-0.15, -0.1) is 24.8 Å². The monoisotopic (exact) mass is 552 g/mol. The third-order valence-electron chi connectivity index (χ3n) is 7.06. The fraction of sp³-hybridized carbons (Fsp3) is 0.423. The Labute approximate surface area is 228 Å². The number of aliphatic carboxylic acids is 1. The number of fused-ring (bicyclic) bond motifs is 1. The fourth-order valence-corrected chi connectivity index (χ4v) is 5.25. The van der Waals surface area contributed by atoms with E-state index in [-0.39, 0.29) is 43.4 Å². The number of benzene rings is 1. The van der Waals surface area contributed by atoms with Crippen molar-refractivity contribution in [3.63, 3.8) is 0 Å². The number of rotatable bonds is 8. The highest BCUT2D eigenvalue weighted by Gasteiger charge is 2.53. The van der Waals surface area contributed by atoms with Crippen LogP contribution in [-0.4, -0.2) is 48.6 Å². The van der Waals surface area contributed by atoms with Gasteiger partial charge in [-0.1, -0.05) is 24.3 Å². The normalized spacial score (nSPS) is 22.2. The van der Waals surface area contributed by atoms with Crippen molar-refractivity contribution >= 4 is 36.8 Å². The molecule has 3 atom stereocenters. The molecular weight excluding hydrogens is 521 g/mol. The summed E-state index contributed by atoms with van der Waals surface area (Å²) in [5, 5.41) is 16.3. The number of carbonyl (C=O) groups excluding carboxylic acids is 2. The van der Waals surface area contributed by atoms with Crippen LogP contribution in [0.3, 0.4) is 0 Å². The standard InChI is InChI=1S/C26H31N3O6.2ClH/c1-16-21(24(30)33-4)22(20-10-7-8-18-15-34-35-23(18)20)26(25(31)32,17(2)28-16)11-13-29(3)14-19-9-5-6-12-27-19;;/h5-10,12,17,22,28H,11,13-15H2,1-4H3,(H,31,32);2*1H/p-1. The lowest BCUT2D eigenvalue weighted by Crippen LogP contribution is -2.61. The first-order valence-corrected chi connectivity index (χ1v) is 11.6. The Morgan fingerprint density at radius 3 is 2.65 bits per heavy atom. The molecule has 9 nitrogen and oxygen atoms in total. The van der Waals surface area contributed by atoms with E-state index >= 15 is 0 Å². The highest BCUT2D eigenvalue weighted by molar-refractivity contribution is 5.94. The Hall–Kier alpha value is -2.85. The number of methoxy groups -OCH3 is 1. The van der Waals surface area contributed by atoms with Crippen LogP contribution in [0.2, 0.25) is 0 Å². The Bertz CT molecular complexity index is 1150. The van der Waals surface area contributed by atoms with Crippen LogP contribution >= 0.6 is 24.8 Å². The van der Waals surface area contributed by atoms with E-state index in [0.29, 0.717) is 30.1 Å². The molecule has 0 fully saturated rings. The van der Waals surface area contributed by atoms with Gasteiger partial charge in [-0.25, -0.2) is 4.79 Å². The van der Waals surface area contributed by atoms with Crippen molar-refractivity contribution in [2.45, 2.75) is 45.4 Å². The molecule has 0 spiro atoms. The summed E-state index contributed by atoms with van der Waals surface area (Å²) in [6.07, 6.45) is 1.93. The second-order valence-electron chi connectivity index (χ2n) is 9.15. The topological polar surface area (TPSA) is 113 Å². The van der Waals surface area contributed by atoms with Crippen molar-refractivity contribution in [1.29, 1.82) is 0 Å². The van der Waals surface area contributed by atoms with Gasteiger partial charge in [-0.05, 0) is 46.0 Å². The predicted molar refractivity (Wildman–Crippen MR) is 139 cm³/mol. The highest BCUT2D eigenvalue weighted by Crippen LogP contribution is 2.53. The van der Waals surface area contributed by atoms with Crippen LogP contribution in [0.1, 0.15) is 43.0 Å². The number of hydrogen-bond donors (Lipinski definition) is 1. The van der Waals surface area contributed by atoms with Gasteiger partial charge in [0, 0.05) is 46.9 Å². The second-order valence-corrected chi connectivity index (χ2v) is 9.15. The molecule has 0 aliphatic carbocycles. The van der Waals surface area contributed by atoms with Crippen LogP contribution in [0.4, 0.5) is 0 Å². The van der Waals surface area contributed by atoms with Crippen LogP contribution < -0.4 is 15.3 Å². The summed E-state index contributed by atoms with van der Waals surface area (Å²) in [7, 11) is 3.20. The number of nitrogens with zero attached hydrogens (tertiary/aromatic N) is 2. The number of aromatic nitrogens is 1. The maximum atomic E-state index is 13.1. The molecule has 37 heavy (non-hydrogen) atoms. The predicted octanol–water partition coefficient (Wildman–Crippen LogP) is 2.53. The molecule has 0 bridgehead atoms. The van der Waals surface area contributed by atoms with E-state index in [0.717, 1.165) is 11.3 Å². The molecule has 0 amide bonds. The summed E-state index contributed by atoms with van der Waals surface area (Å²) in [5.41, 5.74) is 1.54. The minimum atomic E-state index is -1.48. The largest absolute Gasteiger partial charge is 0.549 e. The molecular formula is C26H32Cl2N3O6-. The third kappa shape index (κ3) is 5.70. The van der Waals surface area contributed by atoms with E-state index in [9.17, 15) is 14.7 Å². The zero-order valence-corrected chi connectivity index (χ0v) is 22.8. The zero-order valence-electron chi connectivity index (χ0n) is 21.2. The number of allylic oxidation sites excluding steroid dienone is 1. The van der Waals surface area contributed by atoms with Gasteiger partial charge >= 0.3 is 5.97 Å². The van der Waals surface area contributed by atoms with Crippen molar-refractivity contribution in [3.05, 3.63) is 70.7 Å². The maximum Gasteiger partial charge on any atom is 0.336 e. The van der Waals surface area contributed by atoms with Crippen LogP contribution in [0.15, 0.2) is 53.9 Å². The van der Waals surface area contributed by atoms with Crippen molar-refractivity contribution in [1.82, 2.24) is 15.2 Å². The van der Waals surface area contributed by atoms with E-state index in [4.69, 9.17) is 14.5 Å². The summed E-state index contributed by atoms with van der Waals surface area (Å²) >= 11 is 0. The molecule has 202 valence electrons. The molecule has 0 saturated carbocycles. The van der Waals surface area contributed by atoms with Gasteiger partial charge in [-0.3, -0.25) is 4.98 Å². The molecule has 3 unspecified atom stereocenters. The number of hydrogen-bond acceptors (Lipinski definition) is 9. The number of carbonyl (C=O) groups is 2. The molecule has 1 N–H and O–H groups in total. The SMILES string of the molecule is COC(=O)C1=C(C)NC(C)C(CCN(C)Cc2ccccn2)(C(=O)[O-])C1c1cccc2c1OOC2.Cl.Cl. The number of para-hydroxylation sites is 1. The number of carboxylic acids is 1. The van der Waals surface area contributed by atoms with E-state index in [1.165, 1.54) is 7.11 Å². The third-order valence-corrected chi connectivity index (χ3v) is 7.06. The molecule has 0 saturated heterocycles. The van der Waals surface area contributed by atoms with E-state index in [1.54, 1.807) is 26.1 Å². The second kappa shape index (κ2) is 12.6. The number of pyridine rings is 1. The van der Waals surface area contributed by atoms with Crippen LogP contribution in [0, 0.1) is 5.41 Å². The Morgan fingerprint density at radius 1 is 1.24 bits per heavy atom. The molecule has 2 aromatic rings. The average Bonchev–Trinajstić information content (AvgIpc) is 3.32. The summed E-state index contributed by atoms with van der Waals surface area (Å²) < 4.78 is 5.10. The number of carboxylic acid groups (broad SMARTS) is 1. The van der Waals surface area contributed by atoms with Crippen molar-refractivity contribution in [3.8, 4) is 5.75 Å². The lowest BCUT2D eigenvalue weighted by atomic mass is 9.60. The maximum absolute atomic E-state index is 13.1.